The lowest BCUT2D eigenvalue weighted by atomic mass is 10.4. The molecule has 1 fully saturated rings. The molecule has 0 amide bonds. The van der Waals surface area contributed by atoms with Gasteiger partial charge in [-0.2, -0.15) is 0 Å². The Balaban J connectivity index is 2.13. The Labute approximate surface area is 99.1 Å². The number of hydrazine groups is 2. The zero-order valence-corrected chi connectivity index (χ0v) is 9.64. The van der Waals surface area contributed by atoms with E-state index in [0.29, 0.717) is 30.6 Å². The molecule has 0 aliphatic carbocycles. The molecule has 1 aromatic heterocycles. The van der Waals surface area contributed by atoms with Gasteiger partial charge in [-0.15, -0.1) is 0 Å². The van der Waals surface area contributed by atoms with Gasteiger partial charge < -0.3 is 14.9 Å². The maximum Gasteiger partial charge on any atom is 0.206 e. The number of aromatic nitrogens is 2. The third kappa shape index (κ3) is 2.73. The van der Waals surface area contributed by atoms with Crippen LogP contribution in [0.3, 0.4) is 0 Å². The van der Waals surface area contributed by atoms with E-state index in [1.807, 2.05) is 5.01 Å². The summed E-state index contributed by atoms with van der Waals surface area (Å²) in [5.41, 5.74) is 5.62. The molecular weight excluding hydrogens is 224 g/mol. The van der Waals surface area contributed by atoms with Crippen LogP contribution >= 0.6 is 0 Å². The number of nitrogens with one attached hydrogen (secondary N) is 2. The number of nitrogen functional groups attached to an aromatic ring is 1. The quantitative estimate of drug-likeness (QED) is 0.475. The molecule has 0 saturated carbocycles. The maximum atomic E-state index is 5.35. The summed E-state index contributed by atoms with van der Waals surface area (Å²) in [6.45, 7) is 2.97. The molecular formula is C9H16N6O2. The van der Waals surface area contributed by atoms with Crippen LogP contribution in [-0.2, 0) is 4.74 Å². The number of hydrogen-bond donors (Lipinski definition) is 3. The van der Waals surface area contributed by atoms with Crippen LogP contribution < -0.4 is 21.4 Å². The molecule has 0 radical (unpaired) electrons. The Morgan fingerprint density at radius 1 is 1.35 bits per heavy atom. The Morgan fingerprint density at radius 3 is 2.71 bits per heavy atom. The summed E-state index contributed by atoms with van der Waals surface area (Å²) in [7, 11) is 1.55. The average molecular weight is 240 g/mol. The summed E-state index contributed by atoms with van der Waals surface area (Å²) >= 11 is 0. The third-order valence-corrected chi connectivity index (χ3v) is 2.42. The lowest BCUT2D eigenvalue weighted by molar-refractivity contribution is 0.0493. The van der Waals surface area contributed by atoms with Crippen LogP contribution in [0.15, 0.2) is 6.33 Å². The Hall–Kier alpha value is -1.64. The standard InChI is InChI=1S/C9H16N6O2/c1-16-7-8(13-10)11-6-12-9(7)14-15-2-4-17-5-3-15/h6H,2-5,10H2,1H3,(H2,11,12,13,14). The van der Waals surface area contributed by atoms with Crippen LogP contribution in [0.5, 0.6) is 5.75 Å². The number of methoxy groups -OCH3 is 1. The first-order chi connectivity index (χ1) is 8.35. The SMILES string of the molecule is COc1c(NN)ncnc1NN1CCOCC1. The van der Waals surface area contributed by atoms with E-state index < -0.39 is 0 Å². The van der Waals surface area contributed by atoms with Crippen LogP contribution in [0.25, 0.3) is 0 Å². The van der Waals surface area contributed by atoms with Gasteiger partial charge in [-0.05, 0) is 0 Å². The second-order valence-corrected chi connectivity index (χ2v) is 3.46. The summed E-state index contributed by atoms with van der Waals surface area (Å²) < 4.78 is 10.5. The molecule has 17 heavy (non-hydrogen) atoms. The maximum absolute atomic E-state index is 5.35. The van der Waals surface area contributed by atoms with Gasteiger partial charge in [0.05, 0.1) is 20.3 Å². The van der Waals surface area contributed by atoms with Crippen LogP contribution in [0, 0.1) is 0 Å². The number of nitrogens with zero attached hydrogens (tertiary/aromatic N) is 3. The van der Waals surface area contributed by atoms with Crippen LogP contribution in [0.2, 0.25) is 0 Å². The summed E-state index contributed by atoms with van der Waals surface area (Å²) in [5, 5.41) is 2.01. The lowest BCUT2D eigenvalue weighted by Gasteiger charge is -2.28. The summed E-state index contributed by atoms with van der Waals surface area (Å²) in [6, 6.07) is 0. The molecule has 0 unspecified atom stereocenters. The summed E-state index contributed by atoms with van der Waals surface area (Å²) in [5.74, 6) is 6.86. The molecule has 8 heteroatoms. The summed E-state index contributed by atoms with van der Waals surface area (Å²) in [6.07, 6.45) is 1.42. The minimum Gasteiger partial charge on any atom is -0.490 e. The van der Waals surface area contributed by atoms with Gasteiger partial charge in [0.15, 0.2) is 11.6 Å². The van der Waals surface area contributed by atoms with Crippen molar-refractivity contribution in [2.45, 2.75) is 0 Å². The molecule has 1 aliphatic heterocycles. The van der Waals surface area contributed by atoms with Gasteiger partial charge in [0.2, 0.25) is 5.75 Å². The zero-order valence-electron chi connectivity index (χ0n) is 9.64. The molecule has 2 heterocycles. The Bertz CT molecular complexity index is 369. The van der Waals surface area contributed by atoms with E-state index in [1.165, 1.54) is 6.33 Å². The molecule has 0 bridgehead atoms. The third-order valence-electron chi connectivity index (χ3n) is 2.42. The molecule has 8 nitrogen and oxygen atoms in total. The molecule has 2 rings (SSSR count). The van der Waals surface area contributed by atoms with Gasteiger partial charge in [-0.3, -0.25) is 5.43 Å². The number of anilines is 2. The first-order valence-electron chi connectivity index (χ1n) is 5.30. The number of rotatable bonds is 4. The second-order valence-electron chi connectivity index (χ2n) is 3.46. The number of hydrogen-bond acceptors (Lipinski definition) is 8. The second kappa shape index (κ2) is 5.62. The van der Waals surface area contributed by atoms with E-state index in [-0.39, 0.29) is 0 Å². The van der Waals surface area contributed by atoms with Crippen LogP contribution in [-0.4, -0.2) is 48.4 Å². The Kier molecular flexibility index (Phi) is 3.91. The predicted molar refractivity (Wildman–Crippen MR) is 62.4 cm³/mol. The van der Waals surface area contributed by atoms with E-state index in [1.54, 1.807) is 7.11 Å². The normalized spacial score (nSPS) is 16.6. The highest BCUT2D eigenvalue weighted by Crippen LogP contribution is 2.28. The fraction of sp³-hybridized carbons (Fsp3) is 0.556. The van der Waals surface area contributed by atoms with Gasteiger partial charge in [-0.25, -0.2) is 20.8 Å². The molecule has 0 spiro atoms. The lowest BCUT2D eigenvalue weighted by Crippen LogP contribution is -2.40. The van der Waals surface area contributed by atoms with E-state index in [4.69, 9.17) is 15.3 Å². The minimum absolute atomic E-state index is 0.443. The number of morpholine rings is 1. The molecule has 4 N–H and O–H groups in total. The first kappa shape index (κ1) is 11.8. The van der Waals surface area contributed by atoms with Crippen molar-refractivity contribution >= 4 is 11.6 Å². The van der Waals surface area contributed by atoms with E-state index in [0.717, 1.165) is 13.1 Å². The van der Waals surface area contributed by atoms with Crippen molar-refractivity contribution in [2.24, 2.45) is 5.84 Å². The largest absolute Gasteiger partial charge is 0.490 e. The number of ether oxygens (including phenoxy) is 2. The molecule has 1 saturated heterocycles. The van der Waals surface area contributed by atoms with Gasteiger partial charge in [0.25, 0.3) is 0 Å². The van der Waals surface area contributed by atoms with Gasteiger partial charge in [0, 0.05) is 13.1 Å². The minimum atomic E-state index is 0.443. The van der Waals surface area contributed by atoms with E-state index >= 15 is 0 Å². The van der Waals surface area contributed by atoms with Gasteiger partial charge in [-0.1, -0.05) is 0 Å². The highest BCUT2D eigenvalue weighted by molar-refractivity contribution is 5.62. The van der Waals surface area contributed by atoms with Crippen molar-refractivity contribution in [3.8, 4) is 5.75 Å². The van der Waals surface area contributed by atoms with Gasteiger partial charge in [0.1, 0.15) is 6.33 Å². The molecule has 0 aromatic carbocycles. The topological polar surface area (TPSA) is 97.6 Å². The van der Waals surface area contributed by atoms with Crippen molar-refractivity contribution in [3.05, 3.63) is 6.33 Å². The highest BCUT2D eigenvalue weighted by Gasteiger charge is 2.16. The van der Waals surface area contributed by atoms with Crippen LogP contribution in [0.4, 0.5) is 11.6 Å². The van der Waals surface area contributed by atoms with Crippen molar-refractivity contribution in [1.82, 2.24) is 15.0 Å². The molecule has 1 aliphatic rings. The fourth-order valence-electron chi connectivity index (χ4n) is 1.57. The monoisotopic (exact) mass is 240 g/mol. The van der Waals surface area contributed by atoms with E-state index in [2.05, 4.69) is 20.8 Å². The molecule has 1 aromatic rings. The molecule has 94 valence electrons. The fourth-order valence-corrected chi connectivity index (χ4v) is 1.57. The van der Waals surface area contributed by atoms with Crippen molar-refractivity contribution in [1.29, 1.82) is 0 Å². The van der Waals surface area contributed by atoms with Crippen molar-refractivity contribution in [3.63, 3.8) is 0 Å². The Morgan fingerprint density at radius 2 is 2.06 bits per heavy atom. The highest BCUT2D eigenvalue weighted by atomic mass is 16.5. The van der Waals surface area contributed by atoms with Crippen LogP contribution in [0.1, 0.15) is 0 Å². The zero-order chi connectivity index (χ0) is 12.1. The van der Waals surface area contributed by atoms with E-state index in [9.17, 15) is 0 Å². The smallest absolute Gasteiger partial charge is 0.206 e. The van der Waals surface area contributed by atoms with Gasteiger partial charge >= 0.3 is 0 Å². The first-order valence-corrected chi connectivity index (χ1v) is 5.30. The predicted octanol–water partition coefficient (Wildman–Crippen LogP) is -0.570. The number of nitrogens with two attached hydrogens (primary N) is 1. The molecule has 0 atom stereocenters. The summed E-state index contributed by atoms with van der Waals surface area (Å²) in [4.78, 5) is 8.09. The van der Waals surface area contributed by atoms with Crippen molar-refractivity contribution < 1.29 is 9.47 Å². The average Bonchev–Trinajstić information content (AvgIpc) is 2.39. The van der Waals surface area contributed by atoms with Crippen molar-refractivity contribution in [2.75, 3.05) is 44.3 Å².